The first kappa shape index (κ1) is 16.2. The van der Waals surface area contributed by atoms with Gasteiger partial charge in [-0.05, 0) is 11.1 Å². The summed E-state index contributed by atoms with van der Waals surface area (Å²) in [5, 5.41) is 14.1. The first-order valence-corrected chi connectivity index (χ1v) is 7.44. The predicted octanol–water partition coefficient (Wildman–Crippen LogP) is 1.38. The average Bonchev–Trinajstić information content (AvgIpc) is 2.58. The standard InChI is InChI=1S/C15H19N3O5/c1-20-15-12(17-18-16)13(19)14-10(22-15)8-21-11(23-14)7-9-5-3-2-4-6-9/h2-6,10-15,19H,7-8H2,1H3. The molecule has 0 saturated carbocycles. The number of benzene rings is 1. The fourth-order valence-electron chi connectivity index (χ4n) is 2.92. The average molecular weight is 321 g/mol. The number of rotatable bonds is 4. The summed E-state index contributed by atoms with van der Waals surface area (Å²) >= 11 is 0. The predicted molar refractivity (Wildman–Crippen MR) is 79.4 cm³/mol. The summed E-state index contributed by atoms with van der Waals surface area (Å²) in [6.45, 7) is 0.280. The fourth-order valence-corrected chi connectivity index (χ4v) is 2.92. The highest BCUT2D eigenvalue weighted by Crippen LogP contribution is 2.31. The van der Waals surface area contributed by atoms with E-state index in [0.29, 0.717) is 6.42 Å². The summed E-state index contributed by atoms with van der Waals surface area (Å²) in [5.74, 6) is 0. The van der Waals surface area contributed by atoms with Gasteiger partial charge in [-0.2, -0.15) is 0 Å². The maximum absolute atomic E-state index is 10.5. The first-order chi connectivity index (χ1) is 11.2. The number of methoxy groups -OCH3 is 1. The third kappa shape index (κ3) is 3.48. The molecular formula is C15H19N3O5. The number of aliphatic hydroxyl groups is 1. The maximum Gasteiger partial charge on any atom is 0.168 e. The van der Waals surface area contributed by atoms with Crippen molar-refractivity contribution in [1.82, 2.24) is 0 Å². The molecule has 6 atom stereocenters. The van der Waals surface area contributed by atoms with Crippen LogP contribution in [0.5, 0.6) is 0 Å². The van der Waals surface area contributed by atoms with Gasteiger partial charge in [-0.3, -0.25) is 0 Å². The molecule has 2 saturated heterocycles. The molecule has 0 radical (unpaired) electrons. The van der Waals surface area contributed by atoms with Gasteiger partial charge in [-0.25, -0.2) is 0 Å². The Balaban J connectivity index is 1.70. The third-order valence-corrected chi connectivity index (χ3v) is 4.06. The van der Waals surface area contributed by atoms with Crippen molar-refractivity contribution in [3.8, 4) is 0 Å². The molecular weight excluding hydrogens is 302 g/mol. The molecule has 0 aromatic heterocycles. The summed E-state index contributed by atoms with van der Waals surface area (Å²) in [4.78, 5) is 2.75. The fraction of sp³-hybridized carbons (Fsp3) is 0.600. The summed E-state index contributed by atoms with van der Waals surface area (Å²) in [6, 6.07) is 8.94. The maximum atomic E-state index is 10.5. The van der Waals surface area contributed by atoms with E-state index in [-0.39, 0.29) is 6.61 Å². The summed E-state index contributed by atoms with van der Waals surface area (Å²) in [5.41, 5.74) is 9.74. The van der Waals surface area contributed by atoms with Gasteiger partial charge in [-0.15, -0.1) is 0 Å². The molecule has 3 rings (SSSR count). The van der Waals surface area contributed by atoms with Crippen molar-refractivity contribution >= 4 is 0 Å². The molecule has 0 amide bonds. The monoisotopic (exact) mass is 321 g/mol. The van der Waals surface area contributed by atoms with Crippen molar-refractivity contribution in [2.45, 2.75) is 43.4 Å². The lowest BCUT2D eigenvalue weighted by molar-refractivity contribution is -0.335. The van der Waals surface area contributed by atoms with Crippen LogP contribution in [0.3, 0.4) is 0 Å². The minimum Gasteiger partial charge on any atom is -0.390 e. The zero-order chi connectivity index (χ0) is 16.2. The Morgan fingerprint density at radius 3 is 2.83 bits per heavy atom. The molecule has 2 fully saturated rings. The van der Waals surface area contributed by atoms with E-state index in [4.69, 9.17) is 24.5 Å². The molecule has 1 aromatic carbocycles. The lowest BCUT2D eigenvalue weighted by Gasteiger charge is -2.46. The molecule has 2 heterocycles. The first-order valence-electron chi connectivity index (χ1n) is 7.44. The number of azide groups is 1. The van der Waals surface area contributed by atoms with Gasteiger partial charge in [0.2, 0.25) is 0 Å². The molecule has 0 aliphatic carbocycles. The minimum absolute atomic E-state index is 0.280. The van der Waals surface area contributed by atoms with E-state index >= 15 is 0 Å². The van der Waals surface area contributed by atoms with Gasteiger partial charge < -0.3 is 24.1 Å². The second-order valence-electron chi connectivity index (χ2n) is 5.52. The van der Waals surface area contributed by atoms with Crippen LogP contribution >= 0.6 is 0 Å². The second kappa shape index (κ2) is 7.27. The van der Waals surface area contributed by atoms with Crippen LogP contribution in [0, 0.1) is 0 Å². The quantitative estimate of drug-likeness (QED) is 0.512. The molecule has 0 spiro atoms. The Bertz CT molecular complexity index is 565. The van der Waals surface area contributed by atoms with Crippen molar-refractivity contribution in [1.29, 1.82) is 0 Å². The third-order valence-electron chi connectivity index (χ3n) is 4.06. The molecule has 8 heteroatoms. The molecule has 124 valence electrons. The van der Waals surface area contributed by atoms with E-state index in [9.17, 15) is 5.11 Å². The largest absolute Gasteiger partial charge is 0.390 e. The van der Waals surface area contributed by atoms with E-state index in [1.165, 1.54) is 7.11 Å². The van der Waals surface area contributed by atoms with Crippen molar-refractivity contribution in [3.05, 3.63) is 46.3 Å². The van der Waals surface area contributed by atoms with Gasteiger partial charge in [0.05, 0.1) is 12.7 Å². The van der Waals surface area contributed by atoms with E-state index in [0.717, 1.165) is 5.56 Å². The Morgan fingerprint density at radius 1 is 1.35 bits per heavy atom. The van der Waals surface area contributed by atoms with Crippen LogP contribution in [0.15, 0.2) is 35.4 Å². The van der Waals surface area contributed by atoms with Gasteiger partial charge in [0, 0.05) is 18.4 Å². The SMILES string of the molecule is COC1OC2COC(Cc3ccccc3)OC2C(O)C1N=[N+]=[N-]. The Labute approximate surface area is 133 Å². The van der Waals surface area contributed by atoms with Gasteiger partial charge in [0.1, 0.15) is 18.2 Å². The lowest BCUT2D eigenvalue weighted by Crippen LogP contribution is -2.62. The number of nitrogens with zero attached hydrogens (tertiary/aromatic N) is 3. The number of hydrogen-bond acceptors (Lipinski definition) is 6. The van der Waals surface area contributed by atoms with Gasteiger partial charge in [0.25, 0.3) is 0 Å². The van der Waals surface area contributed by atoms with Crippen molar-refractivity contribution in [3.63, 3.8) is 0 Å². The zero-order valence-corrected chi connectivity index (χ0v) is 12.7. The molecule has 1 N–H and O–H groups in total. The van der Waals surface area contributed by atoms with Crippen LogP contribution in [0.1, 0.15) is 5.56 Å². The van der Waals surface area contributed by atoms with Crippen LogP contribution in [0.25, 0.3) is 10.4 Å². The highest BCUT2D eigenvalue weighted by atomic mass is 16.7. The molecule has 23 heavy (non-hydrogen) atoms. The van der Waals surface area contributed by atoms with Crippen LogP contribution in [-0.2, 0) is 25.4 Å². The zero-order valence-electron chi connectivity index (χ0n) is 12.7. The Kier molecular flexibility index (Phi) is 5.12. The molecule has 1 aromatic rings. The van der Waals surface area contributed by atoms with Crippen molar-refractivity contribution < 1.29 is 24.1 Å². The lowest BCUT2D eigenvalue weighted by atomic mass is 9.96. The normalized spacial score (nSPS) is 36.8. The minimum atomic E-state index is -1.02. The topological polar surface area (TPSA) is 106 Å². The Hall–Kier alpha value is -1.67. The Morgan fingerprint density at radius 2 is 2.13 bits per heavy atom. The number of ether oxygens (including phenoxy) is 4. The highest BCUT2D eigenvalue weighted by molar-refractivity contribution is 5.15. The highest BCUT2D eigenvalue weighted by Gasteiger charge is 2.49. The van der Waals surface area contributed by atoms with E-state index in [1.54, 1.807) is 0 Å². The second-order valence-corrected chi connectivity index (χ2v) is 5.52. The van der Waals surface area contributed by atoms with Gasteiger partial charge >= 0.3 is 0 Å². The van der Waals surface area contributed by atoms with Crippen LogP contribution in [0.2, 0.25) is 0 Å². The summed E-state index contributed by atoms with van der Waals surface area (Å²) < 4.78 is 22.3. The molecule has 6 unspecified atom stereocenters. The van der Waals surface area contributed by atoms with E-state index in [2.05, 4.69) is 10.0 Å². The number of fused-ring (bicyclic) bond motifs is 1. The summed E-state index contributed by atoms with van der Waals surface area (Å²) in [7, 11) is 1.43. The van der Waals surface area contributed by atoms with Crippen molar-refractivity contribution in [2.24, 2.45) is 5.11 Å². The van der Waals surface area contributed by atoms with E-state index < -0.39 is 36.9 Å². The summed E-state index contributed by atoms with van der Waals surface area (Å²) in [6.07, 6.45) is -2.84. The molecule has 0 bridgehead atoms. The molecule has 2 aliphatic heterocycles. The van der Waals surface area contributed by atoms with Gasteiger partial charge in [-0.1, -0.05) is 35.4 Å². The smallest absolute Gasteiger partial charge is 0.168 e. The number of aliphatic hydroxyl groups excluding tert-OH is 1. The van der Waals surface area contributed by atoms with Crippen LogP contribution in [0.4, 0.5) is 0 Å². The van der Waals surface area contributed by atoms with Crippen LogP contribution < -0.4 is 0 Å². The van der Waals surface area contributed by atoms with Crippen LogP contribution in [-0.4, -0.2) is 55.8 Å². The molecule has 8 nitrogen and oxygen atoms in total. The molecule has 2 aliphatic rings. The van der Waals surface area contributed by atoms with Gasteiger partial charge in [0.15, 0.2) is 12.6 Å². The number of hydrogen-bond donors (Lipinski definition) is 1. The van der Waals surface area contributed by atoms with Crippen molar-refractivity contribution in [2.75, 3.05) is 13.7 Å². The van der Waals surface area contributed by atoms with E-state index in [1.807, 2.05) is 30.3 Å².